The van der Waals surface area contributed by atoms with Crippen LogP contribution in [0.4, 0.5) is 5.69 Å². The zero-order chi connectivity index (χ0) is 17.2. The summed E-state index contributed by atoms with van der Waals surface area (Å²) in [6, 6.07) is 28.2. The summed E-state index contributed by atoms with van der Waals surface area (Å²) in [5.41, 5.74) is 2.36. The number of carbonyl (C=O) groups is 2. The van der Waals surface area contributed by atoms with E-state index >= 15 is 0 Å². The zero-order valence-electron chi connectivity index (χ0n) is 13.6. The van der Waals surface area contributed by atoms with Gasteiger partial charge in [0.2, 0.25) is 11.8 Å². The largest absolute Gasteiger partial charge is 0.273 e. The van der Waals surface area contributed by atoms with Gasteiger partial charge in [-0.25, -0.2) is 4.90 Å². The molecule has 2 amide bonds. The molecule has 122 valence electrons. The smallest absolute Gasteiger partial charge is 0.242 e. The molecule has 2 atom stereocenters. The maximum absolute atomic E-state index is 13.2. The van der Waals surface area contributed by atoms with E-state index in [4.69, 9.17) is 0 Å². The molecule has 0 saturated carbocycles. The van der Waals surface area contributed by atoms with Crippen molar-refractivity contribution in [1.82, 2.24) is 0 Å². The van der Waals surface area contributed by atoms with Crippen LogP contribution in [0.3, 0.4) is 0 Å². The van der Waals surface area contributed by atoms with Crippen molar-refractivity contribution in [3.05, 3.63) is 102 Å². The summed E-state index contributed by atoms with van der Waals surface area (Å²) >= 11 is 0. The van der Waals surface area contributed by atoms with Gasteiger partial charge in [-0.3, -0.25) is 9.59 Å². The van der Waals surface area contributed by atoms with Gasteiger partial charge in [-0.2, -0.15) is 0 Å². The number of hydrogen-bond donors (Lipinski definition) is 0. The zero-order valence-corrected chi connectivity index (χ0v) is 13.6. The second-order valence-electron chi connectivity index (χ2n) is 6.12. The van der Waals surface area contributed by atoms with Crippen LogP contribution in [0.15, 0.2) is 91.0 Å². The van der Waals surface area contributed by atoms with Crippen molar-refractivity contribution in [2.24, 2.45) is 0 Å². The molecule has 0 radical (unpaired) electrons. The molecule has 0 aromatic heterocycles. The van der Waals surface area contributed by atoms with Gasteiger partial charge in [-0.15, -0.1) is 0 Å². The fourth-order valence-electron chi connectivity index (χ4n) is 3.49. The number of benzene rings is 3. The first-order valence-corrected chi connectivity index (χ1v) is 8.30. The van der Waals surface area contributed by atoms with Crippen molar-refractivity contribution in [3.8, 4) is 0 Å². The minimum atomic E-state index is -0.503. The number of hydrogen-bond acceptors (Lipinski definition) is 2. The van der Waals surface area contributed by atoms with E-state index in [1.165, 1.54) is 4.90 Å². The van der Waals surface area contributed by atoms with Crippen molar-refractivity contribution in [2.45, 2.75) is 11.8 Å². The number of para-hydroxylation sites is 1. The Morgan fingerprint density at radius 1 is 0.520 bits per heavy atom. The fourth-order valence-corrected chi connectivity index (χ4v) is 3.49. The molecule has 3 aromatic rings. The van der Waals surface area contributed by atoms with Crippen LogP contribution in [0.25, 0.3) is 0 Å². The Balaban J connectivity index is 1.85. The number of rotatable bonds is 3. The number of anilines is 1. The Morgan fingerprint density at radius 3 is 1.28 bits per heavy atom. The number of amides is 2. The van der Waals surface area contributed by atoms with Crippen molar-refractivity contribution >= 4 is 17.5 Å². The quantitative estimate of drug-likeness (QED) is 0.678. The van der Waals surface area contributed by atoms with E-state index in [-0.39, 0.29) is 11.8 Å². The summed E-state index contributed by atoms with van der Waals surface area (Å²) in [5, 5.41) is 0. The molecule has 0 bridgehead atoms. The van der Waals surface area contributed by atoms with Gasteiger partial charge >= 0.3 is 0 Å². The third kappa shape index (κ3) is 2.64. The summed E-state index contributed by atoms with van der Waals surface area (Å²) in [7, 11) is 0. The van der Waals surface area contributed by atoms with E-state index in [2.05, 4.69) is 0 Å². The highest BCUT2D eigenvalue weighted by Crippen LogP contribution is 2.43. The number of imide groups is 1. The lowest BCUT2D eigenvalue weighted by atomic mass is 9.83. The van der Waals surface area contributed by atoms with Gasteiger partial charge in [0, 0.05) is 0 Å². The minimum Gasteiger partial charge on any atom is -0.273 e. The number of nitrogens with zero attached hydrogens (tertiary/aromatic N) is 1. The fraction of sp³-hybridized carbons (Fsp3) is 0.0909. The number of carbonyl (C=O) groups excluding carboxylic acids is 2. The monoisotopic (exact) mass is 327 g/mol. The molecule has 0 aliphatic carbocycles. The van der Waals surface area contributed by atoms with Crippen LogP contribution < -0.4 is 4.90 Å². The van der Waals surface area contributed by atoms with Crippen LogP contribution in [0, 0.1) is 0 Å². The predicted octanol–water partition coefficient (Wildman–Crippen LogP) is 4.13. The molecular formula is C22H17NO2. The highest BCUT2D eigenvalue weighted by molar-refractivity contribution is 6.25. The first-order chi connectivity index (χ1) is 12.3. The van der Waals surface area contributed by atoms with Crippen molar-refractivity contribution in [3.63, 3.8) is 0 Å². The Hall–Kier alpha value is -3.20. The lowest BCUT2D eigenvalue weighted by Gasteiger charge is -2.15. The highest BCUT2D eigenvalue weighted by atomic mass is 16.2. The Labute approximate surface area is 146 Å². The average Bonchev–Trinajstić information content (AvgIpc) is 2.94. The van der Waals surface area contributed by atoms with E-state index in [0.29, 0.717) is 5.69 Å². The van der Waals surface area contributed by atoms with Gasteiger partial charge in [-0.05, 0) is 23.3 Å². The standard InChI is InChI=1S/C22H17NO2/c24-21-19(16-10-4-1-5-11-16)20(17-12-6-2-7-13-17)22(25)23(21)18-14-8-3-9-15-18/h1-15,19-20H/t19-,20-/m1/s1. The van der Waals surface area contributed by atoms with Crippen LogP contribution >= 0.6 is 0 Å². The van der Waals surface area contributed by atoms with E-state index in [1.54, 1.807) is 12.1 Å². The first-order valence-electron chi connectivity index (χ1n) is 8.30. The lowest BCUT2D eigenvalue weighted by molar-refractivity contribution is -0.121. The molecule has 1 saturated heterocycles. The normalized spacial score (nSPS) is 20.1. The van der Waals surface area contributed by atoms with Gasteiger partial charge in [0.05, 0.1) is 17.5 Å². The third-order valence-corrected chi connectivity index (χ3v) is 4.64. The molecule has 3 aromatic carbocycles. The molecule has 3 nitrogen and oxygen atoms in total. The summed E-state index contributed by atoms with van der Waals surface area (Å²) < 4.78 is 0. The molecule has 0 N–H and O–H groups in total. The van der Waals surface area contributed by atoms with Crippen LogP contribution in [0.1, 0.15) is 23.0 Å². The summed E-state index contributed by atoms with van der Waals surface area (Å²) in [5.74, 6) is -1.35. The lowest BCUT2D eigenvalue weighted by Crippen LogP contribution is -2.30. The van der Waals surface area contributed by atoms with Gasteiger partial charge in [0.15, 0.2) is 0 Å². The highest BCUT2D eigenvalue weighted by Gasteiger charge is 2.49. The van der Waals surface area contributed by atoms with E-state index in [1.807, 2.05) is 78.9 Å². The predicted molar refractivity (Wildman–Crippen MR) is 97.3 cm³/mol. The van der Waals surface area contributed by atoms with Gasteiger partial charge in [0.25, 0.3) is 0 Å². The van der Waals surface area contributed by atoms with Crippen LogP contribution in [-0.4, -0.2) is 11.8 Å². The Kier molecular flexibility index (Phi) is 3.90. The first kappa shape index (κ1) is 15.3. The Bertz CT molecular complexity index is 834. The Morgan fingerprint density at radius 2 is 0.880 bits per heavy atom. The molecule has 25 heavy (non-hydrogen) atoms. The second-order valence-corrected chi connectivity index (χ2v) is 6.12. The molecular weight excluding hydrogens is 310 g/mol. The van der Waals surface area contributed by atoms with Gasteiger partial charge in [0.1, 0.15) is 0 Å². The van der Waals surface area contributed by atoms with Crippen LogP contribution in [0.5, 0.6) is 0 Å². The molecule has 1 aliphatic rings. The molecule has 4 rings (SSSR count). The molecule has 0 unspecified atom stereocenters. The molecule has 1 fully saturated rings. The van der Waals surface area contributed by atoms with Crippen molar-refractivity contribution < 1.29 is 9.59 Å². The topological polar surface area (TPSA) is 37.4 Å². The van der Waals surface area contributed by atoms with Gasteiger partial charge in [-0.1, -0.05) is 78.9 Å². The molecule has 3 heteroatoms. The van der Waals surface area contributed by atoms with E-state index in [0.717, 1.165) is 11.1 Å². The molecule has 1 aliphatic heterocycles. The van der Waals surface area contributed by atoms with Crippen LogP contribution in [-0.2, 0) is 9.59 Å². The van der Waals surface area contributed by atoms with E-state index in [9.17, 15) is 9.59 Å². The maximum atomic E-state index is 13.2. The minimum absolute atomic E-state index is 0.170. The van der Waals surface area contributed by atoms with Crippen molar-refractivity contribution in [2.75, 3.05) is 4.90 Å². The average molecular weight is 327 g/mol. The molecule has 0 spiro atoms. The molecule has 1 heterocycles. The summed E-state index contributed by atoms with van der Waals surface area (Å²) in [4.78, 5) is 27.7. The van der Waals surface area contributed by atoms with E-state index < -0.39 is 11.8 Å². The third-order valence-electron chi connectivity index (χ3n) is 4.64. The summed E-state index contributed by atoms with van der Waals surface area (Å²) in [6.45, 7) is 0. The summed E-state index contributed by atoms with van der Waals surface area (Å²) in [6.07, 6.45) is 0. The van der Waals surface area contributed by atoms with Gasteiger partial charge < -0.3 is 0 Å². The van der Waals surface area contributed by atoms with Crippen LogP contribution in [0.2, 0.25) is 0 Å². The SMILES string of the molecule is O=C1[C@H](c2ccccc2)[C@@H](c2ccccc2)C(=O)N1c1ccccc1. The maximum Gasteiger partial charge on any atom is 0.242 e. The second kappa shape index (κ2) is 6.36. The van der Waals surface area contributed by atoms with Crippen molar-refractivity contribution in [1.29, 1.82) is 0 Å².